The quantitative estimate of drug-likeness (QED) is 0.397. The van der Waals surface area contributed by atoms with Gasteiger partial charge in [0.15, 0.2) is 5.82 Å². The first kappa shape index (κ1) is 22.7. The van der Waals surface area contributed by atoms with Crippen LogP contribution in [0.5, 0.6) is 5.75 Å². The van der Waals surface area contributed by atoms with Gasteiger partial charge in [-0.2, -0.15) is 18.3 Å². The molecule has 0 spiro atoms. The molecule has 1 unspecified atom stereocenters. The van der Waals surface area contributed by atoms with Crippen LogP contribution in [0.3, 0.4) is 0 Å². The maximum Gasteiger partial charge on any atom is 0.416 e. The molecule has 11 heteroatoms. The molecule has 2 atom stereocenters. The number of hydrogen-bond donors (Lipinski definition) is 1. The summed E-state index contributed by atoms with van der Waals surface area (Å²) in [6.45, 7) is 4.18. The number of nitrogens with zero attached hydrogens (tertiary/aromatic N) is 3. The van der Waals surface area contributed by atoms with Gasteiger partial charge in [0.25, 0.3) is 5.69 Å². The van der Waals surface area contributed by atoms with E-state index >= 15 is 0 Å². The second-order valence-corrected chi connectivity index (χ2v) is 7.88. The lowest BCUT2D eigenvalue weighted by molar-refractivity contribution is -0.385. The fraction of sp³-hybridized carbons (Fsp3) is 0.364. The van der Waals surface area contributed by atoms with Crippen LogP contribution in [-0.4, -0.2) is 34.4 Å². The zero-order valence-corrected chi connectivity index (χ0v) is 17.8. The lowest BCUT2D eigenvalue weighted by atomic mass is 9.97. The Balaban J connectivity index is 1.69. The summed E-state index contributed by atoms with van der Waals surface area (Å²) in [5, 5.41) is 23.9. The molecule has 1 aromatic heterocycles. The number of aromatic nitrogens is 2. The molecule has 3 aromatic rings. The average Bonchev–Trinajstić information content (AvgIpc) is 3.26. The number of benzene rings is 2. The molecule has 0 saturated carbocycles. The van der Waals surface area contributed by atoms with Gasteiger partial charge in [-0.3, -0.25) is 10.1 Å². The summed E-state index contributed by atoms with van der Waals surface area (Å²) in [7, 11) is 0. The molecule has 0 aliphatic carbocycles. The standard InChI is InChI=1S/C22H21F3N4O4/c1-12-18(7-15(22(23,24)25)8-20(12)29(30)31)13(2)27-21-19-9-16(33-17-5-6-32-11-17)4-3-14(19)10-26-28-21/h3-4,7-10,13,17H,5-6,11H2,1-2H3,(H,27,28)/t13?,17-/m0/s1. The summed E-state index contributed by atoms with van der Waals surface area (Å²) >= 11 is 0. The van der Waals surface area contributed by atoms with Crippen LogP contribution < -0.4 is 10.1 Å². The first-order valence-corrected chi connectivity index (χ1v) is 10.3. The first-order chi connectivity index (χ1) is 15.6. The minimum atomic E-state index is -4.72. The van der Waals surface area contributed by atoms with Crippen LogP contribution in [0.1, 0.15) is 36.1 Å². The second kappa shape index (κ2) is 8.81. The molecule has 1 aliphatic rings. The molecule has 1 N–H and O–H groups in total. The van der Waals surface area contributed by atoms with Crippen LogP contribution in [0.15, 0.2) is 36.5 Å². The topological polar surface area (TPSA) is 99.4 Å². The van der Waals surface area contributed by atoms with Gasteiger partial charge in [-0.15, -0.1) is 5.10 Å². The third-order valence-electron chi connectivity index (χ3n) is 5.59. The zero-order valence-electron chi connectivity index (χ0n) is 17.8. The number of ether oxygens (including phenoxy) is 2. The number of hydrogen-bond acceptors (Lipinski definition) is 7. The Hall–Kier alpha value is -3.47. The van der Waals surface area contributed by atoms with E-state index < -0.39 is 28.4 Å². The Kier molecular flexibility index (Phi) is 6.07. The maximum atomic E-state index is 13.4. The number of nitro benzene ring substituents is 1. The highest BCUT2D eigenvalue weighted by atomic mass is 19.4. The Morgan fingerprint density at radius 1 is 1.30 bits per heavy atom. The number of anilines is 1. The van der Waals surface area contributed by atoms with E-state index in [9.17, 15) is 23.3 Å². The van der Waals surface area contributed by atoms with Crippen molar-refractivity contribution in [3.05, 3.63) is 63.3 Å². The lowest BCUT2D eigenvalue weighted by Crippen LogP contribution is -2.16. The summed E-state index contributed by atoms with van der Waals surface area (Å²) in [5.41, 5.74) is -1.38. The maximum absolute atomic E-state index is 13.4. The predicted octanol–water partition coefficient (Wildman–Crippen LogP) is 5.21. The van der Waals surface area contributed by atoms with Crippen LogP contribution in [-0.2, 0) is 10.9 Å². The molecular weight excluding hydrogens is 441 g/mol. The highest BCUT2D eigenvalue weighted by Crippen LogP contribution is 2.38. The van der Waals surface area contributed by atoms with Gasteiger partial charge in [0.1, 0.15) is 11.9 Å². The van der Waals surface area contributed by atoms with Gasteiger partial charge < -0.3 is 14.8 Å². The fourth-order valence-electron chi connectivity index (χ4n) is 3.84. The third-order valence-corrected chi connectivity index (χ3v) is 5.59. The van der Waals surface area contributed by atoms with E-state index in [-0.39, 0.29) is 17.2 Å². The zero-order chi connectivity index (χ0) is 23.8. The van der Waals surface area contributed by atoms with Gasteiger partial charge >= 0.3 is 6.18 Å². The van der Waals surface area contributed by atoms with Gasteiger partial charge in [-0.1, -0.05) is 0 Å². The van der Waals surface area contributed by atoms with Gasteiger partial charge in [-0.05, 0) is 43.7 Å². The Morgan fingerprint density at radius 3 is 2.76 bits per heavy atom. The molecule has 0 amide bonds. The number of halogens is 3. The molecular formula is C22H21F3N4O4. The van der Waals surface area contributed by atoms with E-state index in [0.29, 0.717) is 36.2 Å². The van der Waals surface area contributed by atoms with Crippen molar-refractivity contribution < 1.29 is 27.6 Å². The van der Waals surface area contributed by atoms with Crippen molar-refractivity contribution in [3.63, 3.8) is 0 Å². The molecule has 33 heavy (non-hydrogen) atoms. The van der Waals surface area contributed by atoms with Crippen molar-refractivity contribution in [2.45, 2.75) is 38.6 Å². The molecule has 174 valence electrons. The predicted molar refractivity (Wildman–Crippen MR) is 114 cm³/mol. The van der Waals surface area contributed by atoms with Crippen molar-refractivity contribution in [1.29, 1.82) is 0 Å². The summed E-state index contributed by atoms with van der Waals surface area (Å²) in [6, 6.07) is 6.14. The van der Waals surface area contributed by atoms with Gasteiger partial charge in [-0.25, -0.2) is 0 Å². The minimum Gasteiger partial charge on any atom is -0.488 e. The SMILES string of the molecule is Cc1c(C(C)Nc2nncc3ccc(O[C@H]4CCOC4)cc23)cc(C(F)(F)F)cc1[N+](=O)[O-]. The summed E-state index contributed by atoms with van der Waals surface area (Å²) < 4.78 is 51.4. The van der Waals surface area contributed by atoms with Gasteiger partial charge in [0.05, 0.1) is 35.9 Å². The van der Waals surface area contributed by atoms with E-state index in [1.807, 2.05) is 6.07 Å². The smallest absolute Gasteiger partial charge is 0.416 e. The monoisotopic (exact) mass is 462 g/mol. The second-order valence-electron chi connectivity index (χ2n) is 7.88. The fourth-order valence-corrected chi connectivity index (χ4v) is 3.84. The van der Waals surface area contributed by atoms with Gasteiger partial charge in [0.2, 0.25) is 0 Å². The average molecular weight is 462 g/mol. The van der Waals surface area contributed by atoms with Crippen molar-refractivity contribution in [2.24, 2.45) is 0 Å². The molecule has 8 nitrogen and oxygen atoms in total. The highest BCUT2D eigenvalue weighted by molar-refractivity contribution is 5.92. The number of rotatable bonds is 6. The summed E-state index contributed by atoms with van der Waals surface area (Å²) in [6.07, 6.45) is -2.43. The van der Waals surface area contributed by atoms with Crippen LogP contribution in [0.2, 0.25) is 0 Å². The van der Waals surface area contributed by atoms with E-state index in [2.05, 4.69) is 15.5 Å². The third kappa shape index (κ3) is 4.82. The van der Waals surface area contributed by atoms with Crippen LogP contribution in [0.4, 0.5) is 24.7 Å². The molecule has 2 heterocycles. The number of nitro groups is 1. The number of nitrogens with one attached hydrogen (secondary N) is 1. The summed E-state index contributed by atoms with van der Waals surface area (Å²) in [4.78, 5) is 10.6. The Labute approximate surface area is 186 Å². The molecule has 1 fully saturated rings. The summed E-state index contributed by atoms with van der Waals surface area (Å²) in [5.74, 6) is 0.931. The molecule has 4 rings (SSSR count). The largest absolute Gasteiger partial charge is 0.488 e. The Morgan fingerprint density at radius 2 is 2.09 bits per heavy atom. The van der Waals surface area contributed by atoms with Crippen molar-refractivity contribution in [3.8, 4) is 5.75 Å². The van der Waals surface area contributed by atoms with E-state index in [0.717, 1.165) is 17.9 Å². The minimum absolute atomic E-state index is 0.0547. The van der Waals surface area contributed by atoms with Crippen LogP contribution in [0.25, 0.3) is 10.8 Å². The van der Waals surface area contributed by atoms with Gasteiger partial charge in [0, 0.05) is 28.8 Å². The van der Waals surface area contributed by atoms with E-state index in [1.165, 1.54) is 6.92 Å². The molecule has 2 aromatic carbocycles. The molecule has 1 saturated heterocycles. The number of fused-ring (bicyclic) bond motifs is 1. The van der Waals surface area contributed by atoms with E-state index in [4.69, 9.17) is 9.47 Å². The molecule has 0 bridgehead atoms. The molecule has 1 aliphatic heterocycles. The van der Waals surface area contributed by atoms with E-state index in [1.54, 1.807) is 25.3 Å². The van der Waals surface area contributed by atoms with Crippen LogP contribution >= 0.6 is 0 Å². The molecule has 0 radical (unpaired) electrons. The van der Waals surface area contributed by atoms with Crippen molar-refractivity contribution in [2.75, 3.05) is 18.5 Å². The van der Waals surface area contributed by atoms with Crippen molar-refractivity contribution in [1.82, 2.24) is 10.2 Å². The normalized spacial score (nSPS) is 17.2. The Bertz CT molecular complexity index is 1200. The van der Waals surface area contributed by atoms with Crippen molar-refractivity contribution >= 4 is 22.3 Å². The highest BCUT2D eigenvalue weighted by Gasteiger charge is 2.34. The lowest BCUT2D eigenvalue weighted by Gasteiger charge is -2.20. The first-order valence-electron chi connectivity index (χ1n) is 10.3. The number of alkyl halides is 3. The van der Waals surface area contributed by atoms with Crippen LogP contribution in [0, 0.1) is 17.0 Å².